The number of fused-ring (bicyclic) bond motifs is 2. The lowest BCUT2D eigenvalue weighted by Gasteiger charge is -2.28. The minimum Gasteiger partial charge on any atom is -0.381 e. The minimum absolute atomic E-state index is 0.00376. The summed E-state index contributed by atoms with van der Waals surface area (Å²) < 4.78 is 14.8. The number of imidazole rings is 1. The van der Waals surface area contributed by atoms with Gasteiger partial charge in [-0.25, -0.2) is 9.37 Å². The fourth-order valence-corrected chi connectivity index (χ4v) is 4.76. The van der Waals surface area contributed by atoms with E-state index in [2.05, 4.69) is 36.2 Å². The molecule has 160 valence electrons. The topological polar surface area (TPSA) is 99.6 Å². The fraction of sp³-hybridized carbons (Fsp3) is 0.273. The Morgan fingerprint density at radius 3 is 2.68 bits per heavy atom. The van der Waals surface area contributed by atoms with Crippen LogP contribution in [0.3, 0.4) is 0 Å². The standard InChI is InChI=1S/C22H20BrClFN5O/c23-10-1-6-16-13(7-10)20(27-12-4-2-11(26)3-5-12)19(22(31)30-16)21-28-17-8-14(24)15(25)9-18(17)29-21/h1,6-9,11-12H,2-5,26H2,(H,28,29)(H2,27,30,31). The van der Waals surface area contributed by atoms with Gasteiger partial charge < -0.3 is 21.0 Å². The van der Waals surface area contributed by atoms with E-state index in [-0.39, 0.29) is 22.7 Å². The molecule has 0 saturated heterocycles. The first-order chi connectivity index (χ1) is 14.9. The molecule has 1 aliphatic rings. The number of benzene rings is 2. The molecule has 2 heterocycles. The summed E-state index contributed by atoms with van der Waals surface area (Å²) in [7, 11) is 0. The van der Waals surface area contributed by atoms with Gasteiger partial charge in [-0.1, -0.05) is 27.5 Å². The Bertz CT molecular complexity index is 1320. The summed E-state index contributed by atoms with van der Waals surface area (Å²) >= 11 is 9.45. The second-order valence-electron chi connectivity index (χ2n) is 8.02. The Morgan fingerprint density at radius 2 is 1.90 bits per heavy atom. The molecule has 0 spiro atoms. The summed E-state index contributed by atoms with van der Waals surface area (Å²) in [6, 6.07) is 8.86. The molecule has 1 fully saturated rings. The zero-order chi connectivity index (χ0) is 21.7. The number of nitrogens with two attached hydrogens (primary N) is 1. The van der Waals surface area contributed by atoms with Gasteiger partial charge in [-0.3, -0.25) is 4.79 Å². The molecule has 2 aromatic heterocycles. The molecule has 5 rings (SSSR count). The van der Waals surface area contributed by atoms with Crippen LogP contribution in [0.1, 0.15) is 25.7 Å². The predicted molar refractivity (Wildman–Crippen MR) is 126 cm³/mol. The summed E-state index contributed by atoms with van der Waals surface area (Å²) in [5.41, 5.74) is 8.55. The predicted octanol–water partition coefficient (Wildman–Crippen LogP) is 5.31. The van der Waals surface area contributed by atoms with E-state index in [1.807, 2.05) is 18.2 Å². The Morgan fingerprint density at radius 1 is 1.13 bits per heavy atom. The van der Waals surface area contributed by atoms with Crippen molar-refractivity contribution in [3.63, 3.8) is 0 Å². The van der Waals surface area contributed by atoms with Gasteiger partial charge >= 0.3 is 0 Å². The fourth-order valence-electron chi connectivity index (χ4n) is 4.23. The lowest BCUT2D eigenvalue weighted by atomic mass is 9.91. The van der Waals surface area contributed by atoms with Crippen LogP contribution in [0.2, 0.25) is 5.02 Å². The smallest absolute Gasteiger partial charge is 0.261 e. The largest absolute Gasteiger partial charge is 0.381 e. The Hall–Kier alpha value is -2.42. The number of aromatic amines is 2. The second kappa shape index (κ2) is 7.93. The zero-order valence-corrected chi connectivity index (χ0v) is 18.8. The molecule has 31 heavy (non-hydrogen) atoms. The molecule has 0 amide bonds. The SMILES string of the molecule is NC1CCC(Nc2c(-c3nc4cc(F)c(Cl)cc4[nH]3)c(=O)[nH]c3ccc(Br)cc23)CC1. The lowest BCUT2D eigenvalue weighted by molar-refractivity contribution is 0.411. The van der Waals surface area contributed by atoms with Crippen molar-refractivity contribution in [2.24, 2.45) is 5.73 Å². The van der Waals surface area contributed by atoms with Crippen molar-refractivity contribution in [3.05, 3.63) is 56.0 Å². The third kappa shape index (κ3) is 3.84. The number of H-pyrrole nitrogens is 2. The number of nitrogens with one attached hydrogen (secondary N) is 3. The number of nitrogens with zero attached hydrogens (tertiary/aromatic N) is 1. The maximum Gasteiger partial charge on any atom is 0.261 e. The molecular weight excluding hydrogens is 485 g/mol. The highest BCUT2D eigenvalue weighted by Crippen LogP contribution is 2.35. The lowest BCUT2D eigenvalue weighted by Crippen LogP contribution is -2.33. The first-order valence-electron chi connectivity index (χ1n) is 10.1. The van der Waals surface area contributed by atoms with Crippen LogP contribution >= 0.6 is 27.5 Å². The van der Waals surface area contributed by atoms with Crippen molar-refractivity contribution in [2.45, 2.75) is 37.8 Å². The van der Waals surface area contributed by atoms with E-state index in [0.717, 1.165) is 41.1 Å². The molecular formula is C22H20BrClFN5O. The molecule has 0 aliphatic heterocycles. The van der Waals surface area contributed by atoms with Crippen LogP contribution in [0, 0.1) is 5.82 Å². The number of hydrogen-bond donors (Lipinski definition) is 4. The molecule has 1 saturated carbocycles. The molecule has 0 atom stereocenters. The Balaban J connectivity index is 1.71. The van der Waals surface area contributed by atoms with Crippen molar-refractivity contribution < 1.29 is 4.39 Å². The van der Waals surface area contributed by atoms with Crippen LogP contribution in [-0.2, 0) is 0 Å². The summed E-state index contributed by atoms with van der Waals surface area (Å²) in [4.78, 5) is 23.7. The van der Waals surface area contributed by atoms with E-state index in [1.165, 1.54) is 12.1 Å². The average molecular weight is 505 g/mol. The monoisotopic (exact) mass is 503 g/mol. The highest BCUT2D eigenvalue weighted by atomic mass is 79.9. The van der Waals surface area contributed by atoms with Crippen LogP contribution < -0.4 is 16.6 Å². The van der Waals surface area contributed by atoms with Crippen molar-refractivity contribution in [2.75, 3.05) is 5.32 Å². The highest BCUT2D eigenvalue weighted by Gasteiger charge is 2.24. The highest BCUT2D eigenvalue weighted by molar-refractivity contribution is 9.10. The molecule has 4 aromatic rings. The van der Waals surface area contributed by atoms with Crippen molar-refractivity contribution >= 4 is 55.2 Å². The van der Waals surface area contributed by atoms with E-state index in [1.54, 1.807) is 0 Å². The van der Waals surface area contributed by atoms with Gasteiger partial charge in [-0.05, 0) is 49.9 Å². The average Bonchev–Trinajstić information content (AvgIpc) is 3.12. The molecule has 0 bridgehead atoms. The number of halogens is 3. The summed E-state index contributed by atoms with van der Waals surface area (Å²) in [5, 5.41) is 4.45. The molecule has 5 N–H and O–H groups in total. The zero-order valence-electron chi connectivity index (χ0n) is 16.4. The van der Waals surface area contributed by atoms with Gasteiger partial charge in [-0.15, -0.1) is 0 Å². The molecule has 2 aromatic carbocycles. The Labute approximate surface area is 190 Å². The van der Waals surface area contributed by atoms with E-state index >= 15 is 0 Å². The third-order valence-corrected chi connectivity index (χ3v) is 6.64. The number of pyridine rings is 1. The number of aromatic nitrogens is 3. The summed E-state index contributed by atoms with van der Waals surface area (Å²) in [6.07, 6.45) is 3.70. The number of rotatable bonds is 3. The first kappa shape index (κ1) is 20.5. The van der Waals surface area contributed by atoms with Crippen molar-refractivity contribution in [1.82, 2.24) is 15.0 Å². The molecule has 1 aliphatic carbocycles. The van der Waals surface area contributed by atoms with Crippen molar-refractivity contribution in [3.8, 4) is 11.4 Å². The van der Waals surface area contributed by atoms with E-state index in [4.69, 9.17) is 17.3 Å². The van der Waals surface area contributed by atoms with Gasteiger partial charge in [0.25, 0.3) is 5.56 Å². The van der Waals surface area contributed by atoms with Crippen molar-refractivity contribution in [1.29, 1.82) is 0 Å². The van der Waals surface area contributed by atoms with E-state index in [9.17, 15) is 9.18 Å². The quantitative estimate of drug-likeness (QED) is 0.304. The van der Waals surface area contributed by atoms with Gasteiger partial charge in [0.05, 0.1) is 27.3 Å². The van der Waals surface area contributed by atoms with Crippen LogP contribution in [0.25, 0.3) is 33.3 Å². The molecule has 0 unspecified atom stereocenters. The molecule has 9 heteroatoms. The van der Waals surface area contributed by atoms with Crippen LogP contribution in [0.4, 0.5) is 10.1 Å². The molecule has 6 nitrogen and oxygen atoms in total. The Kier molecular flexibility index (Phi) is 5.24. The van der Waals surface area contributed by atoms with Gasteiger partial charge in [-0.2, -0.15) is 0 Å². The number of hydrogen-bond acceptors (Lipinski definition) is 4. The maximum atomic E-state index is 13.9. The van der Waals surface area contributed by atoms with Crippen LogP contribution in [-0.4, -0.2) is 27.0 Å². The van der Waals surface area contributed by atoms with E-state index in [0.29, 0.717) is 28.1 Å². The minimum atomic E-state index is -0.555. The van der Waals surface area contributed by atoms with Crippen LogP contribution in [0.5, 0.6) is 0 Å². The first-order valence-corrected chi connectivity index (χ1v) is 11.3. The third-order valence-electron chi connectivity index (χ3n) is 5.86. The second-order valence-corrected chi connectivity index (χ2v) is 9.34. The summed E-state index contributed by atoms with van der Waals surface area (Å²) in [5.74, 6) is -0.199. The number of anilines is 1. The normalized spacial score (nSPS) is 19.2. The van der Waals surface area contributed by atoms with Gasteiger partial charge in [0, 0.05) is 28.0 Å². The van der Waals surface area contributed by atoms with Gasteiger partial charge in [0.15, 0.2) is 0 Å². The summed E-state index contributed by atoms with van der Waals surface area (Å²) in [6.45, 7) is 0. The van der Waals surface area contributed by atoms with Gasteiger partial charge in [0.1, 0.15) is 17.2 Å². The van der Waals surface area contributed by atoms with E-state index < -0.39 is 5.82 Å². The van der Waals surface area contributed by atoms with Crippen LogP contribution in [0.15, 0.2) is 39.6 Å². The van der Waals surface area contributed by atoms with Gasteiger partial charge in [0.2, 0.25) is 0 Å². The maximum absolute atomic E-state index is 13.9. The molecule has 0 radical (unpaired) electrons.